The molecule has 1 aromatic heterocycles. The highest BCUT2D eigenvalue weighted by molar-refractivity contribution is 5.07. The Hall–Kier alpha value is -0.900. The molecule has 0 saturated heterocycles. The van der Waals surface area contributed by atoms with Crippen LogP contribution in [0, 0.1) is 0 Å². The highest BCUT2D eigenvalue weighted by atomic mass is 15.3. The molecule has 1 saturated carbocycles. The predicted molar refractivity (Wildman–Crippen MR) is 57.4 cm³/mol. The maximum atomic E-state index is 6.14. The highest BCUT2D eigenvalue weighted by Crippen LogP contribution is 2.35. The highest BCUT2D eigenvalue weighted by Gasteiger charge is 2.28. The summed E-state index contributed by atoms with van der Waals surface area (Å²) in [7, 11) is 0. The van der Waals surface area contributed by atoms with Crippen molar-refractivity contribution in [1.82, 2.24) is 14.8 Å². The molecule has 0 aromatic carbocycles. The molecule has 1 aliphatic carbocycles. The Labute approximate surface area is 89.9 Å². The number of aromatic nitrogens is 3. The van der Waals surface area contributed by atoms with Gasteiger partial charge in [-0.15, -0.1) is 10.2 Å². The minimum atomic E-state index is 0.124. The van der Waals surface area contributed by atoms with Crippen molar-refractivity contribution in [3.63, 3.8) is 0 Å². The summed E-state index contributed by atoms with van der Waals surface area (Å²) in [6, 6.07) is 0. The van der Waals surface area contributed by atoms with Gasteiger partial charge in [0.2, 0.25) is 0 Å². The minimum Gasteiger partial charge on any atom is -0.311 e. The molecule has 0 radical (unpaired) electrons. The van der Waals surface area contributed by atoms with Crippen molar-refractivity contribution in [3.05, 3.63) is 11.6 Å². The van der Waals surface area contributed by atoms with Crippen LogP contribution in [-0.2, 0) is 6.42 Å². The molecule has 2 heterocycles. The predicted octanol–water partition coefficient (Wildman–Crippen LogP) is 1.73. The third kappa shape index (κ3) is 1.47. The van der Waals surface area contributed by atoms with Gasteiger partial charge in [-0.25, -0.2) is 0 Å². The van der Waals surface area contributed by atoms with Gasteiger partial charge < -0.3 is 5.73 Å². The number of fused-ring (bicyclic) bond motifs is 1. The summed E-state index contributed by atoms with van der Waals surface area (Å²) >= 11 is 0. The Balaban J connectivity index is 1.97. The summed E-state index contributed by atoms with van der Waals surface area (Å²) in [6.07, 6.45) is 8.61. The molecular weight excluding hydrogens is 188 g/mol. The van der Waals surface area contributed by atoms with Crippen molar-refractivity contribution < 1.29 is 0 Å². The van der Waals surface area contributed by atoms with E-state index in [0.29, 0.717) is 5.92 Å². The lowest BCUT2D eigenvalue weighted by molar-refractivity contribution is 0.388. The standard InChI is InChI=1S/C11H18N4/c12-9-6-3-7-10-13-14-11(15(9)10)8-4-1-2-5-8/h8-9H,1-7,12H2. The molecule has 0 spiro atoms. The van der Waals surface area contributed by atoms with E-state index in [1.54, 1.807) is 0 Å². The smallest absolute Gasteiger partial charge is 0.137 e. The number of aryl methyl sites for hydroxylation is 1. The largest absolute Gasteiger partial charge is 0.311 e. The van der Waals surface area contributed by atoms with Crippen LogP contribution in [0.2, 0.25) is 0 Å². The van der Waals surface area contributed by atoms with Crippen LogP contribution in [-0.4, -0.2) is 14.8 Å². The summed E-state index contributed by atoms with van der Waals surface area (Å²) in [6.45, 7) is 0. The fraction of sp³-hybridized carbons (Fsp3) is 0.818. The van der Waals surface area contributed by atoms with Crippen molar-refractivity contribution in [3.8, 4) is 0 Å². The number of nitrogens with two attached hydrogens (primary N) is 1. The van der Waals surface area contributed by atoms with Crippen molar-refractivity contribution in [1.29, 1.82) is 0 Å². The van der Waals surface area contributed by atoms with Crippen LogP contribution < -0.4 is 5.73 Å². The molecule has 2 N–H and O–H groups in total. The van der Waals surface area contributed by atoms with Gasteiger partial charge in [0.1, 0.15) is 11.6 Å². The summed E-state index contributed by atoms with van der Waals surface area (Å²) < 4.78 is 2.21. The van der Waals surface area contributed by atoms with Gasteiger partial charge in [-0.05, 0) is 25.7 Å². The van der Waals surface area contributed by atoms with Gasteiger partial charge in [0.25, 0.3) is 0 Å². The Morgan fingerprint density at radius 3 is 2.67 bits per heavy atom. The van der Waals surface area contributed by atoms with E-state index in [1.807, 2.05) is 0 Å². The third-order valence-corrected chi connectivity index (χ3v) is 3.75. The third-order valence-electron chi connectivity index (χ3n) is 3.75. The molecule has 1 aromatic rings. The molecule has 1 unspecified atom stereocenters. The van der Waals surface area contributed by atoms with Crippen LogP contribution in [0.4, 0.5) is 0 Å². The second-order valence-electron chi connectivity index (χ2n) is 4.79. The van der Waals surface area contributed by atoms with Gasteiger partial charge in [0.05, 0.1) is 6.17 Å². The van der Waals surface area contributed by atoms with E-state index in [0.717, 1.165) is 30.9 Å². The monoisotopic (exact) mass is 206 g/mol. The van der Waals surface area contributed by atoms with E-state index in [2.05, 4.69) is 14.8 Å². The first kappa shape index (κ1) is 9.33. The second kappa shape index (κ2) is 3.59. The van der Waals surface area contributed by atoms with E-state index < -0.39 is 0 Å². The summed E-state index contributed by atoms with van der Waals surface area (Å²) in [5.41, 5.74) is 6.14. The lowest BCUT2D eigenvalue weighted by atomic mass is 10.1. The van der Waals surface area contributed by atoms with E-state index in [9.17, 15) is 0 Å². The molecular formula is C11H18N4. The number of nitrogens with zero attached hydrogens (tertiary/aromatic N) is 3. The summed E-state index contributed by atoms with van der Waals surface area (Å²) in [5.74, 6) is 2.89. The van der Waals surface area contributed by atoms with Crippen LogP contribution in [0.15, 0.2) is 0 Å². The fourth-order valence-electron chi connectivity index (χ4n) is 2.93. The van der Waals surface area contributed by atoms with Crippen LogP contribution in [0.5, 0.6) is 0 Å². The normalized spacial score (nSPS) is 26.9. The topological polar surface area (TPSA) is 56.7 Å². The molecule has 4 heteroatoms. The molecule has 82 valence electrons. The zero-order valence-corrected chi connectivity index (χ0v) is 9.02. The van der Waals surface area contributed by atoms with Gasteiger partial charge in [0, 0.05) is 12.3 Å². The van der Waals surface area contributed by atoms with Crippen LogP contribution in [0.1, 0.15) is 62.3 Å². The molecule has 1 aliphatic heterocycles. The molecule has 15 heavy (non-hydrogen) atoms. The van der Waals surface area contributed by atoms with E-state index in [-0.39, 0.29) is 6.17 Å². The van der Waals surface area contributed by atoms with Crippen molar-refractivity contribution >= 4 is 0 Å². The van der Waals surface area contributed by atoms with Crippen LogP contribution in [0.3, 0.4) is 0 Å². The Morgan fingerprint density at radius 1 is 1.07 bits per heavy atom. The average molecular weight is 206 g/mol. The first-order valence-electron chi connectivity index (χ1n) is 6.05. The number of hydrogen-bond donors (Lipinski definition) is 1. The Bertz CT molecular complexity index is 351. The second-order valence-corrected chi connectivity index (χ2v) is 4.79. The van der Waals surface area contributed by atoms with Crippen LogP contribution >= 0.6 is 0 Å². The molecule has 0 amide bonds. The summed E-state index contributed by atoms with van der Waals surface area (Å²) in [5, 5.41) is 8.65. The maximum Gasteiger partial charge on any atom is 0.137 e. The van der Waals surface area contributed by atoms with Crippen molar-refractivity contribution in [2.24, 2.45) is 5.73 Å². The first-order chi connectivity index (χ1) is 7.36. The lowest BCUT2D eigenvalue weighted by Crippen LogP contribution is -2.27. The molecule has 1 fully saturated rings. The number of hydrogen-bond acceptors (Lipinski definition) is 3. The Kier molecular flexibility index (Phi) is 2.24. The van der Waals surface area contributed by atoms with E-state index in [4.69, 9.17) is 5.73 Å². The van der Waals surface area contributed by atoms with Crippen molar-refractivity contribution in [2.75, 3.05) is 0 Å². The van der Waals surface area contributed by atoms with E-state index >= 15 is 0 Å². The quantitative estimate of drug-likeness (QED) is 0.761. The van der Waals surface area contributed by atoms with Crippen LogP contribution in [0.25, 0.3) is 0 Å². The first-order valence-corrected chi connectivity index (χ1v) is 6.05. The van der Waals surface area contributed by atoms with Gasteiger partial charge >= 0.3 is 0 Å². The molecule has 3 rings (SSSR count). The minimum absolute atomic E-state index is 0.124. The van der Waals surface area contributed by atoms with Gasteiger partial charge in [-0.3, -0.25) is 4.57 Å². The van der Waals surface area contributed by atoms with Gasteiger partial charge in [0.15, 0.2) is 0 Å². The van der Waals surface area contributed by atoms with Crippen molar-refractivity contribution in [2.45, 2.75) is 57.0 Å². The van der Waals surface area contributed by atoms with Gasteiger partial charge in [-0.2, -0.15) is 0 Å². The Morgan fingerprint density at radius 2 is 1.87 bits per heavy atom. The zero-order valence-electron chi connectivity index (χ0n) is 9.02. The number of rotatable bonds is 1. The average Bonchev–Trinajstić information content (AvgIpc) is 2.85. The zero-order chi connectivity index (χ0) is 10.3. The molecule has 4 nitrogen and oxygen atoms in total. The SMILES string of the molecule is NC1CCCc2nnc(C3CCCC3)n21. The summed E-state index contributed by atoms with van der Waals surface area (Å²) in [4.78, 5) is 0. The van der Waals surface area contributed by atoms with Gasteiger partial charge in [-0.1, -0.05) is 12.8 Å². The maximum absolute atomic E-state index is 6.14. The molecule has 1 atom stereocenters. The molecule has 2 aliphatic rings. The lowest BCUT2D eigenvalue weighted by Gasteiger charge is -2.23. The fourth-order valence-corrected chi connectivity index (χ4v) is 2.93. The molecule has 0 bridgehead atoms. The van der Waals surface area contributed by atoms with E-state index in [1.165, 1.54) is 25.7 Å².